The van der Waals surface area contributed by atoms with Crippen LogP contribution in [-0.2, 0) is 4.79 Å². The lowest BCUT2D eigenvalue weighted by Gasteiger charge is -2.05. The Balaban J connectivity index is 2.29. The first kappa shape index (κ1) is 16.5. The number of hydrogen-bond donors (Lipinski definition) is 2. The summed E-state index contributed by atoms with van der Waals surface area (Å²) in [5.74, 6) is -0.330. The molecule has 0 fully saturated rings. The van der Waals surface area contributed by atoms with Gasteiger partial charge >= 0.3 is 5.97 Å². The molecule has 0 saturated carbocycles. The minimum Gasteiger partial charge on any atom is -0.506 e. The molecular weight excluding hydrogens is 418 g/mol. The fraction of sp³-hybridized carbons (Fsp3) is 0.0667. The molecule has 0 aliphatic rings. The molecule has 22 heavy (non-hydrogen) atoms. The van der Waals surface area contributed by atoms with Gasteiger partial charge in [0.1, 0.15) is 22.9 Å². The number of carbonyl (C=O) groups is 1. The lowest BCUT2D eigenvalue weighted by molar-refractivity contribution is -0.131. The molecule has 5 nitrogen and oxygen atoms in total. The molecule has 0 amide bonds. The molecule has 0 atom stereocenters. The third kappa shape index (κ3) is 4.08. The zero-order valence-corrected chi connectivity index (χ0v) is 14.6. The maximum absolute atomic E-state index is 10.9. The Morgan fingerprint density at radius 1 is 1.23 bits per heavy atom. The van der Waals surface area contributed by atoms with Crippen LogP contribution in [0.1, 0.15) is 12.5 Å². The van der Waals surface area contributed by atoms with Gasteiger partial charge in [-0.05, 0) is 40.2 Å². The van der Waals surface area contributed by atoms with Crippen LogP contribution in [0.4, 0.5) is 5.69 Å². The Hall–Kier alpha value is -1.86. The molecule has 2 aromatic rings. The first-order valence-electron chi connectivity index (χ1n) is 6.10. The van der Waals surface area contributed by atoms with Crippen molar-refractivity contribution >= 4 is 49.7 Å². The molecule has 2 aromatic carbocycles. The topological polar surface area (TPSA) is 79.1 Å². The van der Waals surface area contributed by atoms with Crippen molar-refractivity contribution in [2.45, 2.75) is 6.92 Å². The number of esters is 1. The monoisotopic (exact) mass is 427 g/mol. The predicted octanol–water partition coefficient (Wildman–Crippen LogP) is 4.30. The van der Waals surface area contributed by atoms with E-state index in [0.29, 0.717) is 10.0 Å². The highest BCUT2D eigenvalue weighted by molar-refractivity contribution is 9.11. The average Bonchev–Trinajstić information content (AvgIpc) is 2.42. The number of aromatic hydroxyl groups is 2. The van der Waals surface area contributed by atoms with Crippen LogP contribution in [0.15, 0.2) is 44.3 Å². The molecule has 0 aliphatic carbocycles. The Morgan fingerprint density at radius 2 is 1.95 bits per heavy atom. The number of phenolic OH excluding ortho intramolecular Hbond substituents is 2. The van der Waals surface area contributed by atoms with Crippen LogP contribution in [0.2, 0.25) is 0 Å². The van der Waals surface area contributed by atoms with Crippen LogP contribution >= 0.6 is 31.9 Å². The highest BCUT2D eigenvalue weighted by Crippen LogP contribution is 2.33. The first-order chi connectivity index (χ1) is 10.4. The van der Waals surface area contributed by atoms with Crippen molar-refractivity contribution < 1.29 is 19.7 Å². The second kappa shape index (κ2) is 6.93. The van der Waals surface area contributed by atoms with Crippen molar-refractivity contribution in [2.24, 2.45) is 4.99 Å². The highest BCUT2D eigenvalue weighted by Gasteiger charge is 2.07. The Bertz CT molecular complexity index is 759. The molecule has 0 saturated heterocycles. The summed E-state index contributed by atoms with van der Waals surface area (Å²) in [5, 5.41) is 19.8. The molecule has 0 radical (unpaired) electrons. The summed E-state index contributed by atoms with van der Waals surface area (Å²) in [6.45, 7) is 1.27. The average molecular weight is 429 g/mol. The number of ether oxygens (including phenoxy) is 1. The van der Waals surface area contributed by atoms with Gasteiger partial charge in [-0.3, -0.25) is 9.79 Å². The first-order valence-corrected chi connectivity index (χ1v) is 7.69. The summed E-state index contributed by atoms with van der Waals surface area (Å²) < 4.78 is 6.16. The van der Waals surface area contributed by atoms with Gasteiger partial charge in [0.05, 0.1) is 4.47 Å². The normalized spacial score (nSPS) is 10.9. The van der Waals surface area contributed by atoms with Crippen molar-refractivity contribution in [3.63, 3.8) is 0 Å². The number of phenols is 2. The van der Waals surface area contributed by atoms with E-state index in [1.165, 1.54) is 31.3 Å². The van der Waals surface area contributed by atoms with Gasteiger partial charge in [0.2, 0.25) is 0 Å². The van der Waals surface area contributed by atoms with Crippen molar-refractivity contribution in [2.75, 3.05) is 0 Å². The molecule has 114 valence electrons. The quantitative estimate of drug-likeness (QED) is 0.434. The molecule has 7 heteroatoms. The van der Waals surface area contributed by atoms with E-state index in [1.54, 1.807) is 12.1 Å². The summed E-state index contributed by atoms with van der Waals surface area (Å²) >= 11 is 6.55. The van der Waals surface area contributed by atoms with E-state index in [1.807, 2.05) is 0 Å². The number of carbonyl (C=O) groups excluding carboxylic acids is 1. The highest BCUT2D eigenvalue weighted by atomic mass is 79.9. The van der Waals surface area contributed by atoms with E-state index in [-0.39, 0.29) is 22.9 Å². The van der Waals surface area contributed by atoms with Crippen molar-refractivity contribution in [3.8, 4) is 17.2 Å². The minimum atomic E-state index is -0.473. The van der Waals surface area contributed by atoms with Crippen LogP contribution in [0, 0.1) is 0 Å². The molecular formula is C15H11Br2NO4. The summed E-state index contributed by atoms with van der Waals surface area (Å²) in [5.41, 5.74) is 0.760. The van der Waals surface area contributed by atoms with Crippen LogP contribution < -0.4 is 4.74 Å². The van der Waals surface area contributed by atoms with Crippen molar-refractivity contribution in [1.82, 2.24) is 0 Å². The van der Waals surface area contributed by atoms with Gasteiger partial charge in [0.25, 0.3) is 0 Å². The zero-order chi connectivity index (χ0) is 16.3. The van der Waals surface area contributed by atoms with E-state index >= 15 is 0 Å². The SMILES string of the molecule is CC(=O)Oc1ccc(N=Cc2cc(Br)cc(Br)c2O)c(O)c1. The van der Waals surface area contributed by atoms with Crippen LogP contribution in [0.3, 0.4) is 0 Å². The van der Waals surface area contributed by atoms with Crippen molar-refractivity contribution in [3.05, 3.63) is 44.8 Å². The smallest absolute Gasteiger partial charge is 0.308 e. The van der Waals surface area contributed by atoms with E-state index in [0.717, 1.165) is 4.47 Å². The third-order valence-electron chi connectivity index (χ3n) is 2.61. The Labute approximate surface area is 143 Å². The molecule has 0 spiro atoms. The fourth-order valence-corrected chi connectivity index (χ4v) is 2.92. The zero-order valence-electron chi connectivity index (χ0n) is 11.4. The lowest BCUT2D eigenvalue weighted by Crippen LogP contribution is -2.00. The van der Waals surface area contributed by atoms with Gasteiger partial charge in [0.15, 0.2) is 0 Å². The molecule has 0 aromatic heterocycles. The van der Waals surface area contributed by atoms with Crippen molar-refractivity contribution in [1.29, 1.82) is 0 Å². The van der Waals surface area contributed by atoms with Gasteiger partial charge in [-0.15, -0.1) is 0 Å². The second-order valence-electron chi connectivity index (χ2n) is 4.33. The molecule has 0 heterocycles. The maximum atomic E-state index is 10.9. The predicted molar refractivity (Wildman–Crippen MR) is 90.2 cm³/mol. The van der Waals surface area contributed by atoms with Crippen LogP contribution in [0.5, 0.6) is 17.2 Å². The maximum Gasteiger partial charge on any atom is 0.308 e. The largest absolute Gasteiger partial charge is 0.506 e. The number of aliphatic imine (C=N–C) groups is 1. The lowest BCUT2D eigenvalue weighted by atomic mass is 10.2. The Kier molecular flexibility index (Phi) is 5.20. The summed E-state index contributed by atoms with van der Waals surface area (Å²) in [6, 6.07) is 7.72. The molecule has 0 bridgehead atoms. The van der Waals surface area contributed by atoms with Gasteiger partial charge in [-0.25, -0.2) is 0 Å². The molecule has 0 unspecified atom stereocenters. The number of rotatable bonds is 3. The summed E-state index contributed by atoms with van der Waals surface area (Å²) in [4.78, 5) is 15.0. The summed E-state index contributed by atoms with van der Waals surface area (Å²) in [6.07, 6.45) is 1.42. The van der Waals surface area contributed by atoms with Gasteiger partial charge in [0, 0.05) is 29.2 Å². The fourth-order valence-electron chi connectivity index (χ4n) is 1.67. The molecule has 0 aliphatic heterocycles. The second-order valence-corrected chi connectivity index (χ2v) is 6.10. The Morgan fingerprint density at radius 3 is 2.59 bits per heavy atom. The number of nitrogens with zero attached hydrogens (tertiary/aromatic N) is 1. The minimum absolute atomic E-state index is 0.0444. The van der Waals surface area contributed by atoms with Gasteiger partial charge in [-0.1, -0.05) is 15.9 Å². The van der Waals surface area contributed by atoms with Gasteiger partial charge < -0.3 is 14.9 Å². The number of hydrogen-bond acceptors (Lipinski definition) is 5. The van der Waals surface area contributed by atoms with E-state index in [2.05, 4.69) is 36.9 Å². The number of benzene rings is 2. The van der Waals surface area contributed by atoms with Crippen LogP contribution in [-0.4, -0.2) is 22.4 Å². The van der Waals surface area contributed by atoms with E-state index in [4.69, 9.17) is 4.74 Å². The summed E-state index contributed by atoms with van der Waals surface area (Å²) in [7, 11) is 0. The van der Waals surface area contributed by atoms with E-state index in [9.17, 15) is 15.0 Å². The van der Waals surface area contributed by atoms with E-state index < -0.39 is 5.97 Å². The molecule has 2 rings (SSSR count). The third-order valence-corrected chi connectivity index (χ3v) is 3.67. The molecule has 2 N–H and O–H groups in total. The standard InChI is InChI=1S/C15H11Br2NO4/c1-8(19)22-11-2-3-13(14(20)6-11)18-7-9-4-10(16)5-12(17)15(9)21/h2-7,20-21H,1H3. The number of halogens is 2. The van der Waals surface area contributed by atoms with Gasteiger partial charge in [-0.2, -0.15) is 0 Å². The van der Waals surface area contributed by atoms with Crippen LogP contribution in [0.25, 0.3) is 0 Å².